The fraction of sp³-hybridized carbons (Fsp3) is 0.417. The molecule has 0 saturated heterocycles. The van der Waals surface area contributed by atoms with Crippen LogP contribution in [0.25, 0.3) is 0 Å². The van der Waals surface area contributed by atoms with E-state index < -0.39 is 21.5 Å². The summed E-state index contributed by atoms with van der Waals surface area (Å²) in [5, 5.41) is 0. The molecule has 94 valence electrons. The van der Waals surface area contributed by atoms with E-state index in [4.69, 9.17) is 4.74 Å². The van der Waals surface area contributed by atoms with Crippen LogP contribution in [0.2, 0.25) is 0 Å². The van der Waals surface area contributed by atoms with E-state index in [2.05, 4.69) is 4.40 Å². The number of nitrogens with zero attached hydrogens (tertiary/aromatic N) is 1. The van der Waals surface area contributed by atoms with Gasteiger partial charge in [0.2, 0.25) is 0 Å². The van der Waals surface area contributed by atoms with Gasteiger partial charge in [0.05, 0.1) is 11.9 Å². The number of hydrogen-bond acceptors (Lipinski definition) is 2. The fourth-order valence-electron chi connectivity index (χ4n) is 1.11. The second-order valence-corrected chi connectivity index (χ2v) is 6.39. The van der Waals surface area contributed by atoms with Crippen LogP contribution in [0.4, 0.5) is 4.39 Å². The minimum Gasteiger partial charge on any atom is -0.493 e. The lowest BCUT2D eigenvalue weighted by Crippen LogP contribution is -2.19. The first-order chi connectivity index (χ1) is 7.86. The van der Waals surface area contributed by atoms with Gasteiger partial charge in [-0.15, -0.1) is 0 Å². The van der Waals surface area contributed by atoms with E-state index >= 15 is 0 Å². The van der Waals surface area contributed by atoms with Gasteiger partial charge in [0.15, 0.2) is 11.6 Å². The van der Waals surface area contributed by atoms with Gasteiger partial charge in [-0.25, -0.2) is 8.60 Å². The summed E-state index contributed by atoms with van der Waals surface area (Å²) in [7, 11) is 0.0221. The largest absolute Gasteiger partial charge is 0.493 e. The zero-order valence-corrected chi connectivity index (χ0v) is 11.2. The SMILES string of the molecule is COc1c(F)cccc1C=NS(=O)C(C)(C)C. The molecule has 0 bridgehead atoms. The van der Waals surface area contributed by atoms with E-state index in [9.17, 15) is 8.60 Å². The van der Waals surface area contributed by atoms with Gasteiger partial charge in [-0.05, 0) is 32.9 Å². The monoisotopic (exact) mass is 257 g/mol. The van der Waals surface area contributed by atoms with Crippen molar-refractivity contribution in [3.8, 4) is 5.75 Å². The molecule has 17 heavy (non-hydrogen) atoms. The van der Waals surface area contributed by atoms with Crippen LogP contribution in [0.5, 0.6) is 5.75 Å². The highest BCUT2D eigenvalue weighted by Crippen LogP contribution is 2.21. The van der Waals surface area contributed by atoms with Gasteiger partial charge in [0.1, 0.15) is 11.0 Å². The van der Waals surface area contributed by atoms with E-state index in [-0.39, 0.29) is 5.75 Å². The van der Waals surface area contributed by atoms with Crippen molar-refractivity contribution in [1.82, 2.24) is 0 Å². The smallest absolute Gasteiger partial charge is 0.165 e. The van der Waals surface area contributed by atoms with E-state index in [1.165, 1.54) is 19.4 Å². The highest BCUT2D eigenvalue weighted by molar-refractivity contribution is 7.85. The molecule has 0 aliphatic heterocycles. The van der Waals surface area contributed by atoms with Crippen LogP contribution < -0.4 is 4.74 Å². The molecule has 3 nitrogen and oxygen atoms in total. The Kier molecular flexibility index (Phi) is 4.40. The highest BCUT2D eigenvalue weighted by atomic mass is 32.2. The number of para-hydroxylation sites is 1. The minimum absolute atomic E-state index is 0.113. The van der Waals surface area contributed by atoms with Crippen LogP contribution in [-0.2, 0) is 11.0 Å². The molecule has 1 unspecified atom stereocenters. The number of hydrogen-bond donors (Lipinski definition) is 0. The van der Waals surface area contributed by atoms with Crippen molar-refractivity contribution in [2.75, 3.05) is 7.11 Å². The Labute approximate surface area is 103 Å². The summed E-state index contributed by atoms with van der Waals surface area (Å²) in [6.45, 7) is 5.47. The van der Waals surface area contributed by atoms with Gasteiger partial charge >= 0.3 is 0 Å². The minimum atomic E-state index is -1.36. The van der Waals surface area contributed by atoms with Crippen molar-refractivity contribution < 1.29 is 13.3 Å². The third-order valence-electron chi connectivity index (χ3n) is 2.01. The summed E-state index contributed by atoms with van der Waals surface area (Å²) in [6.07, 6.45) is 1.38. The quantitative estimate of drug-likeness (QED) is 0.781. The molecule has 0 radical (unpaired) electrons. The molecule has 0 amide bonds. The van der Waals surface area contributed by atoms with Crippen molar-refractivity contribution in [3.63, 3.8) is 0 Å². The first kappa shape index (κ1) is 13.8. The van der Waals surface area contributed by atoms with Crippen LogP contribution in [-0.4, -0.2) is 22.3 Å². The lowest BCUT2D eigenvalue weighted by molar-refractivity contribution is 0.386. The van der Waals surface area contributed by atoms with E-state index in [1.54, 1.807) is 12.1 Å². The van der Waals surface area contributed by atoms with E-state index in [0.717, 1.165) is 0 Å². The summed E-state index contributed by atoms with van der Waals surface area (Å²) in [5.41, 5.74) is 0.477. The van der Waals surface area contributed by atoms with Crippen LogP contribution >= 0.6 is 0 Å². The lowest BCUT2D eigenvalue weighted by atomic mass is 10.2. The molecule has 0 spiro atoms. The van der Waals surface area contributed by atoms with E-state index in [0.29, 0.717) is 5.56 Å². The Hall–Kier alpha value is -1.23. The van der Waals surface area contributed by atoms with Crippen molar-refractivity contribution >= 4 is 17.2 Å². The van der Waals surface area contributed by atoms with Crippen LogP contribution in [0.3, 0.4) is 0 Å². The molecule has 0 aromatic heterocycles. The molecule has 1 rings (SSSR count). The number of halogens is 1. The maximum atomic E-state index is 13.3. The van der Waals surface area contributed by atoms with Crippen molar-refractivity contribution in [2.24, 2.45) is 4.40 Å². The van der Waals surface area contributed by atoms with Gasteiger partial charge in [-0.3, -0.25) is 0 Å². The van der Waals surface area contributed by atoms with Crippen molar-refractivity contribution in [2.45, 2.75) is 25.5 Å². The normalized spacial score (nSPS) is 13.9. The number of benzene rings is 1. The van der Waals surface area contributed by atoms with Crippen LogP contribution in [0, 0.1) is 5.82 Å². The molecule has 0 aliphatic carbocycles. The Balaban J connectivity index is 3.00. The predicted octanol–water partition coefficient (Wildman–Crippen LogP) is 2.72. The zero-order chi connectivity index (χ0) is 13.1. The third kappa shape index (κ3) is 3.63. The first-order valence-corrected chi connectivity index (χ1v) is 6.25. The Morgan fingerprint density at radius 3 is 2.59 bits per heavy atom. The fourth-order valence-corrected chi connectivity index (χ4v) is 1.63. The second kappa shape index (κ2) is 5.40. The zero-order valence-electron chi connectivity index (χ0n) is 10.4. The van der Waals surface area contributed by atoms with Crippen molar-refractivity contribution in [3.05, 3.63) is 29.6 Å². The van der Waals surface area contributed by atoms with Gasteiger partial charge in [-0.2, -0.15) is 4.40 Å². The summed E-state index contributed by atoms with van der Waals surface area (Å²) in [4.78, 5) is 0. The topological polar surface area (TPSA) is 38.7 Å². The molecule has 0 N–H and O–H groups in total. The Bertz CT molecular complexity index is 452. The number of methoxy groups -OCH3 is 1. The summed E-state index contributed by atoms with van der Waals surface area (Å²) in [5.74, 6) is -0.347. The molecule has 5 heteroatoms. The standard InChI is InChI=1S/C12H16FNO2S/c1-12(2,3)17(15)14-8-9-6-5-7-10(13)11(9)16-4/h5-8H,1-4H3. The summed E-state index contributed by atoms with van der Waals surface area (Å²) in [6, 6.07) is 4.52. The Morgan fingerprint density at radius 1 is 1.41 bits per heavy atom. The van der Waals surface area contributed by atoms with Crippen LogP contribution in [0.1, 0.15) is 26.3 Å². The maximum Gasteiger partial charge on any atom is 0.165 e. The second-order valence-electron chi connectivity index (χ2n) is 4.46. The molecule has 0 fully saturated rings. The number of rotatable bonds is 3. The molecular formula is C12H16FNO2S. The molecule has 0 aliphatic rings. The summed E-state index contributed by atoms with van der Waals surface area (Å²) < 4.78 is 33.5. The van der Waals surface area contributed by atoms with Gasteiger partial charge in [-0.1, -0.05) is 6.07 Å². The van der Waals surface area contributed by atoms with Gasteiger partial charge < -0.3 is 4.74 Å². The molecule has 0 heterocycles. The van der Waals surface area contributed by atoms with E-state index in [1.807, 2.05) is 20.8 Å². The molecule has 1 atom stereocenters. The lowest BCUT2D eigenvalue weighted by Gasteiger charge is -2.13. The predicted molar refractivity (Wildman–Crippen MR) is 68.4 cm³/mol. The maximum absolute atomic E-state index is 13.3. The number of ether oxygens (including phenoxy) is 1. The molecule has 1 aromatic rings. The Morgan fingerprint density at radius 2 is 2.06 bits per heavy atom. The van der Waals surface area contributed by atoms with Gasteiger partial charge in [0, 0.05) is 11.8 Å². The highest BCUT2D eigenvalue weighted by Gasteiger charge is 2.18. The molecule has 1 aromatic carbocycles. The van der Waals surface area contributed by atoms with Gasteiger partial charge in [0.25, 0.3) is 0 Å². The molecule has 0 saturated carbocycles. The third-order valence-corrected chi connectivity index (χ3v) is 3.36. The first-order valence-electron chi connectivity index (χ1n) is 5.15. The summed E-state index contributed by atoms with van der Waals surface area (Å²) >= 11 is 0. The molecular weight excluding hydrogens is 241 g/mol. The van der Waals surface area contributed by atoms with Crippen molar-refractivity contribution in [1.29, 1.82) is 0 Å². The van der Waals surface area contributed by atoms with Crippen LogP contribution in [0.15, 0.2) is 22.6 Å². The average molecular weight is 257 g/mol. The average Bonchev–Trinajstić information content (AvgIpc) is 2.24.